The third kappa shape index (κ3) is 7.43. The highest BCUT2D eigenvalue weighted by Gasteiger charge is 2.29. The van der Waals surface area contributed by atoms with Crippen LogP contribution in [-0.4, -0.2) is 86.3 Å². The molecule has 2 aromatic rings. The number of carbonyl (C=O) groups is 1. The van der Waals surface area contributed by atoms with Crippen molar-refractivity contribution in [2.75, 3.05) is 54.1 Å². The summed E-state index contributed by atoms with van der Waals surface area (Å²) in [4.78, 5) is 20.5. The van der Waals surface area contributed by atoms with E-state index in [1.165, 1.54) is 32.1 Å². The Morgan fingerprint density at radius 2 is 1.94 bits per heavy atom. The lowest BCUT2D eigenvalue weighted by Crippen LogP contribution is -2.55. The Morgan fingerprint density at radius 3 is 2.63 bits per heavy atom. The molecule has 7 nitrogen and oxygen atoms in total. The minimum absolute atomic E-state index is 0.182. The first kappa shape index (κ1) is 27.5. The van der Waals surface area contributed by atoms with Crippen molar-refractivity contribution in [1.29, 1.82) is 0 Å². The molecule has 1 aliphatic carbocycles. The van der Waals surface area contributed by atoms with Crippen molar-refractivity contribution in [1.82, 2.24) is 14.8 Å². The number of aliphatic hydroxyl groups excluding tert-OH is 1. The molecule has 0 bridgehead atoms. The molecule has 0 spiro atoms. The van der Waals surface area contributed by atoms with E-state index >= 15 is 0 Å². The smallest absolute Gasteiger partial charge is 0.147 e. The van der Waals surface area contributed by atoms with E-state index in [4.69, 9.17) is 4.74 Å². The average Bonchev–Trinajstić information content (AvgIpc) is 2.88. The second-order valence-electron chi connectivity index (χ2n) is 9.62. The molecule has 0 radical (unpaired) electrons. The van der Waals surface area contributed by atoms with Crippen molar-refractivity contribution in [2.24, 2.45) is 5.92 Å². The fourth-order valence-corrected chi connectivity index (χ4v) is 5.28. The molecule has 1 aromatic heterocycles. The number of benzene rings is 1. The third-order valence-electron chi connectivity index (χ3n) is 7.11. The molecule has 2 unspecified atom stereocenters. The standard InChI is InChI=1S/C25H34FN3O3.C2H6O/c1-32-20-7-8-23-21(13-20)25(22(26)14-27-23)24(31)9-10-29-12-11-28(16-19(29)17-30)15-18-5-3-2-4-6-18;1-3-2/h7-8,13-14,17-19,24,31H,2-6,9-12,15-16H2,1H3;1-2H3. The number of carbonyl (C=O) groups excluding carboxylic acids is 1. The molecule has 2 heterocycles. The lowest BCUT2D eigenvalue weighted by Gasteiger charge is -2.41. The zero-order valence-electron chi connectivity index (χ0n) is 21.3. The molecule has 1 saturated carbocycles. The quantitative estimate of drug-likeness (QED) is 0.565. The van der Waals surface area contributed by atoms with E-state index in [0.717, 1.165) is 44.6 Å². The van der Waals surface area contributed by atoms with Gasteiger partial charge in [0.15, 0.2) is 0 Å². The topological polar surface area (TPSA) is 75.1 Å². The third-order valence-corrected chi connectivity index (χ3v) is 7.11. The number of aromatic nitrogens is 1. The minimum Gasteiger partial charge on any atom is -0.497 e. The molecule has 35 heavy (non-hydrogen) atoms. The highest BCUT2D eigenvalue weighted by atomic mass is 19.1. The van der Waals surface area contributed by atoms with Crippen molar-refractivity contribution in [2.45, 2.75) is 50.7 Å². The molecule has 4 rings (SSSR count). The van der Waals surface area contributed by atoms with E-state index in [1.54, 1.807) is 39.5 Å². The van der Waals surface area contributed by atoms with Gasteiger partial charge in [0.1, 0.15) is 17.9 Å². The highest BCUT2D eigenvalue weighted by molar-refractivity contribution is 5.84. The van der Waals surface area contributed by atoms with Gasteiger partial charge in [0.25, 0.3) is 0 Å². The van der Waals surface area contributed by atoms with Crippen molar-refractivity contribution in [3.63, 3.8) is 0 Å². The summed E-state index contributed by atoms with van der Waals surface area (Å²) in [5.74, 6) is 0.820. The van der Waals surface area contributed by atoms with Gasteiger partial charge < -0.3 is 19.4 Å². The van der Waals surface area contributed by atoms with Gasteiger partial charge in [-0.2, -0.15) is 0 Å². The molecular formula is C27H40FN3O4. The molecule has 2 aliphatic rings. The maximum Gasteiger partial charge on any atom is 0.147 e. The first-order chi connectivity index (χ1) is 17.0. The Kier molecular flexibility index (Phi) is 10.8. The van der Waals surface area contributed by atoms with Gasteiger partial charge in [0.2, 0.25) is 0 Å². The van der Waals surface area contributed by atoms with Crippen LogP contribution in [-0.2, 0) is 9.53 Å². The van der Waals surface area contributed by atoms with Crippen LogP contribution >= 0.6 is 0 Å². The van der Waals surface area contributed by atoms with Gasteiger partial charge in [0, 0.05) is 57.9 Å². The van der Waals surface area contributed by atoms with Crippen LogP contribution in [0.2, 0.25) is 0 Å². The van der Waals surface area contributed by atoms with Crippen molar-refractivity contribution >= 4 is 17.2 Å². The number of nitrogens with zero attached hydrogens (tertiary/aromatic N) is 3. The maximum atomic E-state index is 14.6. The zero-order valence-corrected chi connectivity index (χ0v) is 21.3. The Hall–Kier alpha value is -2.13. The fourth-order valence-electron chi connectivity index (χ4n) is 5.28. The van der Waals surface area contributed by atoms with Gasteiger partial charge in [-0.15, -0.1) is 0 Å². The number of aldehydes is 1. The Labute approximate surface area is 208 Å². The fraction of sp³-hybridized carbons (Fsp3) is 0.630. The van der Waals surface area contributed by atoms with Gasteiger partial charge in [0.05, 0.1) is 31.0 Å². The molecule has 1 N–H and O–H groups in total. The number of ether oxygens (including phenoxy) is 2. The number of hydrogen-bond donors (Lipinski definition) is 1. The van der Waals surface area contributed by atoms with Gasteiger partial charge in [-0.05, 0) is 43.4 Å². The van der Waals surface area contributed by atoms with E-state index in [1.807, 2.05) is 0 Å². The summed E-state index contributed by atoms with van der Waals surface area (Å²) in [7, 11) is 4.80. The van der Waals surface area contributed by atoms with Crippen molar-refractivity contribution in [3.8, 4) is 5.75 Å². The number of hydrogen-bond acceptors (Lipinski definition) is 7. The van der Waals surface area contributed by atoms with Crippen LogP contribution in [0, 0.1) is 11.7 Å². The summed E-state index contributed by atoms with van der Waals surface area (Å²) < 4.78 is 24.2. The van der Waals surface area contributed by atoms with Crippen molar-refractivity contribution in [3.05, 3.63) is 35.8 Å². The summed E-state index contributed by atoms with van der Waals surface area (Å²) >= 11 is 0. The second-order valence-corrected chi connectivity index (χ2v) is 9.62. The Morgan fingerprint density at radius 1 is 1.20 bits per heavy atom. The van der Waals surface area contributed by atoms with Crippen LogP contribution in [0.3, 0.4) is 0 Å². The molecule has 2 atom stereocenters. The average molecular weight is 490 g/mol. The number of rotatable bonds is 8. The van der Waals surface area contributed by atoms with Crippen LogP contribution in [0.4, 0.5) is 4.39 Å². The first-order valence-electron chi connectivity index (χ1n) is 12.6. The lowest BCUT2D eigenvalue weighted by molar-refractivity contribution is -0.115. The van der Waals surface area contributed by atoms with Gasteiger partial charge in [-0.1, -0.05) is 19.3 Å². The predicted octanol–water partition coefficient (Wildman–Crippen LogP) is 3.83. The highest BCUT2D eigenvalue weighted by Crippen LogP contribution is 2.31. The number of halogens is 1. The van der Waals surface area contributed by atoms with E-state index in [0.29, 0.717) is 29.6 Å². The summed E-state index contributed by atoms with van der Waals surface area (Å²) in [6, 6.07) is 5.06. The summed E-state index contributed by atoms with van der Waals surface area (Å²) in [5.41, 5.74) is 0.857. The molecule has 2 fully saturated rings. The molecule has 194 valence electrons. The summed E-state index contributed by atoms with van der Waals surface area (Å²) in [6.45, 7) is 4.07. The number of fused-ring (bicyclic) bond motifs is 1. The van der Waals surface area contributed by atoms with E-state index in [2.05, 4.69) is 19.5 Å². The normalized spacial score (nSPS) is 20.8. The Balaban J connectivity index is 0.00000108. The molecular weight excluding hydrogens is 449 g/mol. The SMILES string of the molecule is COC.COc1ccc2ncc(F)c(C(O)CCN3CCN(CC4CCCCC4)CC3C=O)c2c1. The van der Waals surface area contributed by atoms with Crippen LogP contribution in [0.5, 0.6) is 5.75 Å². The van der Waals surface area contributed by atoms with Crippen molar-refractivity contribution < 1.29 is 23.8 Å². The predicted molar refractivity (Wildman–Crippen MR) is 135 cm³/mol. The van der Waals surface area contributed by atoms with Crippen LogP contribution in [0.1, 0.15) is 50.2 Å². The van der Waals surface area contributed by atoms with Gasteiger partial charge in [-0.3, -0.25) is 14.8 Å². The lowest BCUT2D eigenvalue weighted by atomic mass is 9.88. The number of aliphatic hydroxyl groups is 1. The molecule has 1 saturated heterocycles. The Bertz CT molecular complexity index is 938. The summed E-state index contributed by atoms with van der Waals surface area (Å²) in [5, 5.41) is 11.4. The number of pyridine rings is 1. The molecule has 8 heteroatoms. The molecule has 1 aliphatic heterocycles. The zero-order chi connectivity index (χ0) is 25.2. The second kappa shape index (κ2) is 13.8. The summed E-state index contributed by atoms with van der Waals surface area (Å²) in [6.07, 6.45) is 8.14. The minimum atomic E-state index is -0.986. The number of piperazine rings is 1. The first-order valence-corrected chi connectivity index (χ1v) is 12.6. The van der Waals surface area contributed by atoms with E-state index in [-0.39, 0.29) is 11.6 Å². The van der Waals surface area contributed by atoms with Crippen LogP contribution in [0.15, 0.2) is 24.4 Å². The largest absolute Gasteiger partial charge is 0.497 e. The number of methoxy groups -OCH3 is 2. The van der Waals surface area contributed by atoms with Crippen LogP contribution in [0.25, 0.3) is 10.9 Å². The van der Waals surface area contributed by atoms with E-state index in [9.17, 15) is 14.3 Å². The maximum absolute atomic E-state index is 14.6. The molecule has 0 amide bonds. The van der Waals surface area contributed by atoms with Gasteiger partial charge >= 0.3 is 0 Å². The monoisotopic (exact) mass is 489 g/mol. The van der Waals surface area contributed by atoms with Gasteiger partial charge in [-0.25, -0.2) is 4.39 Å². The van der Waals surface area contributed by atoms with E-state index < -0.39 is 11.9 Å². The van der Waals surface area contributed by atoms with Crippen LogP contribution < -0.4 is 4.74 Å². The molecule has 1 aromatic carbocycles.